The van der Waals surface area contributed by atoms with Gasteiger partial charge in [-0.25, -0.2) is 0 Å². The normalized spacial score (nSPS) is 9.55. The number of rotatable bonds is 2. The summed E-state index contributed by atoms with van der Waals surface area (Å²) in [7, 11) is 0. The number of hydrogen-bond donors (Lipinski definition) is 2. The molecule has 0 aromatic heterocycles. The third-order valence-corrected chi connectivity index (χ3v) is 1.59. The molecule has 2 heteroatoms. The van der Waals surface area contributed by atoms with E-state index in [1.807, 2.05) is 31.2 Å². The first-order valence-corrected chi connectivity index (χ1v) is 3.67. The molecule has 3 N–H and O–H groups in total. The zero-order valence-corrected chi connectivity index (χ0v) is 6.59. The van der Waals surface area contributed by atoms with Crippen molar-refractivity contribution in [3.63, 3.8) is 0 Å². The summed E-state index contributed by atoms with van der Waals surface area (Å²) in [4.78, 5) is 0. The summed E-state index contributed by atoms with van der Waals surface area (Å²) < 4.78 is 0. The molecule has 0 bridgehead atoms. The third kappa shape index (κ3) is 1.80. The van der Waals surface area contributed by atoms with Crippen LogP contribution in [0.4, 0.5) is 5.69 Å². The lowest BCUT2D eigenvalue weighted by Gasteiger charge is -2.00. The fraction of sp³-hybridized carbons (Fsp3) is 0.222. The van der Waals surface area contributed by atoms with E-state index in [9.17, 15) is 0 Å². The van der Waals surface area contributed by atoms with E-state index in [-0.39, 0.29) is 0 Å². The summed E-state index contributed by atoms with van der Waals surface area (Å²) in [6, 6.07) is 7.43. The van der Waals surface area contributed by atoms with Crippen LogP contribution < -0.4 is 5.73 Å². The molecule has 0 saturated heterocycles. The average molecular weight is 148 g/mol. The van der Waals surface area contributed by atoms with Crippen molar-refractivity contribution in [1.29, 1.82) is 5.41 Å². The van der Waals surface area contributed by atoms with Crippen LogP contribution in [0.3, 0.4) is 0 Å². The lowest BCUT2D eigenvalue weighted by molar-refractivity contribution is 1.24. The summed E-state index contributed by atoms with van der Waals surface area (Å²) in [5, 5.41) is 7.52. The molecule has 1 rings (SSSR count). The molecule has 0 aliphatic heterocycles. The molecule has 0 saturated carbocycles. The van der Waals surface area contributed by atoms with Gasteiger partial charge in [0.2, 0.25) is 0 Å². The lowest BCUT2D eigenvalue weighted by atomic mass is 10.1. The van der Waals surface area contributed by atoms with Crippen LogP contribution in [-0.4, -0.2) is 5.71 Å². The maximum Gasteiger partial charge on any atom is 0.0384 e. The van der Waals surface area contributed by atoms with Crippen LogP contribution in [0.1, 0.15) is 18.9 Å². The van der Waals surface area contributed by atoms with Gasteiger partial charge in [-0.1, -0.05) is 19.1 Å². The van der Waals surface area contributed by atoms with Crippen LogP contribution in [0.25, 0.3) is 0 Å². The summed E-state index contributed by atoms with van der Waals surface area (Å²) in [5.41, 5.74) is 7.84. The van der Waals surface area contributed by atoms with Crippen LogP contribution in [0.5, 0.6) is 0 Å². The number of nitrogens with one attached hydrogen (secondary N) is 1. The van der Waals surface area contributed by atoms with Crippen LogP contribution >= 0.6 is 0 Å². The number of anilines is 1. The van der Waals surface area contributed by atoms with Crippen molar-refractivity contribution in [1.82, 2.24) is 0 Å². The van der Waals surface area contributed by atoms with Crippen molar-refractivity contribution >= 4 is 11.4 Å². The minimum Gasteiger partial charge on any atom is -0.399 e. The molecule has 11 heavy (non-hydrogen) atoms. The summed E-state index contributed by atoms with van der Waals surface area (Å²) >= 11 is 0. The second-order valence-electron chi connectivity index (χ2n) is 2.46. The Balaban J connectivity index is 2.96. The van der Waals surface area contributed by atoms with Crippen LogP contribution in [0.2, 0.25) is 0 Å². The molecule has 0 fully saturated rings. The zero-order chi connectivity index (χ0) is 8.27. The quantitative estimate of drug-likeness (QED) is 0.489. The van der Waals surface area contributed by atoms with E-state index in [4.69, 9.17) is 11.1 Å². The van der Waals surface area contributed by atoms with Crippen molar-refractivity contribution < 1.29 is 0 Å². The Hall–Kier alpha value is -1.31. The van der Waals surface area contributed by atoms with Gasteiger partial charge in [0.25, 0.3) is 0 Å². The van der Waals surface area contributed by atoms with E-state index in [0.717, 1.165) is 17.7 Å². The fourth-order valence-electron chi connectivity index (χ4n) is 0.931. The molecule has 1 aromatic rings. The molecule has 0 spiro atoms. The van der Waals surface area contributed by atoms with E-state index < -0.39 is 0 Å². The van der Waals surface area contributed by atoms with Crippen molar-refractivity contribution in [3.8, 4) is 0 Å². The lowest BCUT2D eigenvalue weighted by Crippen LogP contribution is -1.97. The number of nitrogens with two attached hydrogens (primary N) is 1. The Labute approximate surface area is 66.6 Å². The monoisotopic (exact) mass is 148 g/mol. The second kappa shape index (κ2) is 3.19. The molecule has 0 unspecified atom stereocenters. The molecule has 0 atom stereocenters. The summed E-state index contributed by atoms with van der Waals surface area (Å²) in [6.07, 6.45) is 0.753. The highest BCUT2D eigenvalue weighted by molar-refractivity contribution is 5.98. The first kappa shape index (κ1) is 7.79. The van der Waals surface area contributed by atoms with E-state index in [1.54, 1.807) is 0 Å². The molecule has 0 heterocycles. The van der Waals surface area contributed by atoms with Crippen molar-refractivity contribution in [3.05, 3.63) is 29.8 Å². The average Bonchev–Trinajstić information content (AvgIpc) is 2.03. The van der Waals surface area contributed by atoms with Gasteiger partial charge in [0.1, 0.15) is 0 Å². The van der Waals surface area contributed by atoms with Gasteiger partial charge < -0.3 is 11.1 Å². The smallest absolute Gasteiger partial charge is 0.0384 e. The van der Waals surface area contributed by atoms with Gasteiger partial charge in [-0.3, -0.25) is 0 Å². The van der Waals surface area contributed by atoms with Crippen molar-refractivity contribution in [2.75, 3.05) is 5.73 Å². The highest BCUT2D eigenvalue weighted by Gasteiger charge is 1.96. The zero-order valence-electron chi connectivity index (χ0n) is 6.59. The van der Waals surface area contributed by atoms with Crippen molar-refractivity contribution in [2.24, 2.45) is 0 Å². The van der Waals surface area contributed by atoms with E-state index >= 15 is 0 Å². The Bertz CT molecular complexity index is 266. The Kier molecular flexibility index (Phi) is 2.26. The molecule has 0 radical (unpaired) electrons. The van der Waals surface area contributed by atoms with E-state index in [1.165, 1.54) is 0 Å². The number of benzene rings is 1. The second-order valence-corrected chi connectivity index (χ2v) is 2.46. The maximum atomic E-state index is 7.52. The molecule has 0 aliphatic carbocycles. The van der Waals surface area contributed by atoms with E-state index in [2.05, 4.69) is 0 Å². The van der Waals surface area contributed by atoms with Gasteiger partial charge in [-0.05, 0) is 24.1 Å². The Morgan fingerprint density at radius 1 is 1.55 bits per heavy atom. The van der Waals surface area contributed by atoms with E-state index in [0.29, 0.717) is 5.71 Å². The Morgan fingerprint density at radius 3 is 2.82 bits per heavy atom. The molecule has 2 nitrogen and oxygen atoms in total. The van der Waals surface area contributed by atoms with Gasteiger partial charge in [-0.2, -0.15) is 0 Å². The largest absolute Gasteiger partial charge is 0.399 e. The van der Waals surface area contributed by atoms with Gasteiger partial charge in [0, 0.05) is 11.4 Å². The van der Waals surface area contributed by atoms with Crippen LogP contribution in [0.15, 0.2) is 24.3 Å². The van der Waals surface area contributed by atoms with Crippen molar-refractivity contribution in [2.45, 2.75) is 13.3 Å². The minimum atomic E-state index is 0.636. The molecular formula is C9H12N2. The highest BCUT2D eigenvalue weighted by Crippen LogP contribution is 2.08. The standard InChI is InChI=1S/C9H12N2/c1-2-9(11)7-4-3-5-8(10)6-7/h3-6,11H,2,10H2,1H3. The molecule has 58 valence electrons. The maximum absolute atomic E-state index is 7.52. The number of nitrogen functional groups attached to an aromatic ring is 1. The highest BCUT2D eigenvalue weighted by atomic mass is 14.5. The van der Waals surface area contributed by atoms with Gasteiger partial charge in [0.05, 0.1) is 0 Å². The van der Waals surface area contributed by atoms with Gasteiger partial charge in [-0.15, -0.1) is 0 Å². The predicted molar refractivity (Wildman–Crippen MR) is 48.0 cm³/mol. The number of hydrogen-bond acceptors (Lipinski definition) is 2. The molecule has 1 aromatic carbocycles. The van der Waals surface area contributed by atoms with Crippen LogP contribution in [0, 0.1) is 5.41 Å². The minimum absolute atomic E-state index is 0.636. The SMILES string of the molecule is CCC(=N)c1cccc(N)c1. The molecule has 0 aliphatic rings. The first-order valence-electron chi connectivity index (χ1n) is 3.67. The molecular weight excluding hydrogens is 136 g/mol. The summed E-state index contributed by atoms with van der Waals surface area (Å²) in [6.45, 7) is 1.96. The third-order valence-electron chi connectivity index (χ3n) is 1.59. The summed E-state index contributed by atoms with van der Waals surface area (Å²) in [5.74, 6) is 0. The predicted octanol–water partition coefficient (Wildman–Crippen LogP) is 2.05. The Morgan fingerprint density at radius 2 is 2.27 bits per heavy atom. The fourth-order valence-corrected chi connectivity index (χ4v) is 0.931. The molecule has 0 amide bonds. The first-order chi connectivity index (χ1) is 5.24. The van der Waals surface area contributed by atoms with Gasteiger partial charge >= 0.3 is 0 Å². The van der Waals surface area contributed by atoms with Crippen LogP contribution in [-0.2, 0) is 0 Å². The van der Waals surface area contributed by atoms with Gasteiger partial charge in [0.15, 0.2) is 0 Å². The topological polar surface area (TPSA) is 49.9 Å².